The SMILES string of the molecule is CCNC(=NCCc1ccccn1)NCCc1c(Cl)cccc1Cl.I. The molecule has 1 heterocycles. The summed E-state index contributed by atoms with van der Waals surface area (Å²) in [6.07, 6.45) is 3.35. The van der Waals surface area contributed by atoms with E-state index in [-0.39, 0.29) is 24.0 Å². The number of benzene rings is 1. The Labute approximate surface area is 176 Å². The van der Waals surface area contributed by atoms with Crippen LogP contribution in [0.25, 0.3) is 0 Å². The molecule has 0 aliphatic heterocycles. The Bertz CT molecular complexity index is 645. The fourth-order valence-electron chi connectivity index (χ4n) is 2.25. The number of aliphatic imine (C=N–C) groups is 1. The van der Waals surface area contributed by atoms with Crippen molar-refractivity contribution >= 4 is 53.1 Å². The van der Waals surface area contributed by atoms with Gasteiger partial charge in [0.15, 0.2) is 5.96 Å². The van der Waals surface area contributed by atoms with Gasteiger partial charge < -0.3 is 10.6 Å². The smallest absolute Gasteiger partial charge is 0.191 e. The first kappa shape index (κ1) is 22.0. The van der Waals surface area contributed by atoms with Gasteiger partial charge >= 0.3 is 0 Å². The van der Waals surface area contributed by atoms with Crippen molar-refractivity contribution in [2.45, 2.75) is 19.8 Å². The molecule has 0 unspecified atom stereocenters. The van der Waals surface area contributed by atoms with Crippen molar-refractivity contribution in [2.24, 2.45) is 4.99 Å². The Balaban J connectivity index is 0.00000312. The second-order valence-electron chi connectivity index (χ2n) is 5.21. The van der Waals surface area contributed by atoms with Crippen molar-refractivity contribution < 1.29 is 0 Å². The molecular weight excluding hydrogens is 470 g/mol. The monoisotopic (exact) mass is 492 g/mol. The zero-order valence-electron chi connectivity index (χ0n) is 14.1. The highest BCUT2D eigenvalue weighted by Gasteiger charge is 2.05. The van der Waals surface area contributed by atoms with Crippen LogP contribution in [0.4, 0.5) is 0 Å². The molecule has 7 heteroatoms. The Morgan fingerprint density at radius 1 is 1.04 bits per heavy atom. The molecule has 0 fully saturated rings. The zero-order valence-corrected chi connectivity index (χ0v) is 18.0. The van der Waals surface area contributed by atoms with Gasteiger partial charge in [-0.05, 0) is 43.2 Å². The van der Waals surface area contributed by atoms with Crippen LogP contribution in [0.1, 0.15) is 18.2 Å². The summed E-state index contributed by atoms with van der Waals surface area (Å²) >= 11 is 12.4. The summed E-state index contributed by atoms with van der Waals surface area (Å²) in [5.41, 5.74) is 2.00. The van der Waals surface area contributed by atoms with Crippen molar-refractivity contribution in [2.75, 3.05) is 19.6 Å². The molecule has 0 aliphatic rings. The van der Waals surface area contributed by atoms with Crippen molar-refractivity contribution in [3.63, 3.8) is 0 Å². The topological polar surface area (TPSA) is 49.3 Å². The zero-order chi connectivity index (χ0) is 17.2. The van der Waals surface area contributed by atoms with E-state index in [0.717, 1.165) is 36.6 Å². The summed E-state index contributed by atoms with van der Waals surface area (Å²) in [7, 11) is 0. The number of hydrogen-bond donors (Lipinski definition) is 2. The second-order valence-corrected chi connectivity index (χ2v) is 6.02. The van der Waals surface area contributed by atoms with Crippen molar-refractivity contribution in [3.8, 4) is 0 Å². The highest BCUT2D eigenvalue weighted by molar-refractivity contribution is 14.0. The van der Waals surface area contributed by atoms with Gasteiger partial charge in [0.1, 0.15) is 0 Å². The minimum atomic E-state index is 0. The van der Waals surface area contributed by atoms with E-state index in [1.807, 2.05) is 43.3 Å². The molecule has 25 heavy (non-hydrogen) atoms. The van der Waals surface area contributed by atoms with Crippen LogP contribution in [0.15, 0.2) is 47.6 Å². The molecule has 1 aromatic heterocycles. The van der Waals surface area contributed by atoms with Crippen LogP contribution in [0.5, 0.6) is 0 Å². The second kappa shape index (κ2) is 12.3. The average Bonchev–Trinajstić information content (AvgIpc) is 2.58. The molecule has 4 nitrogen and oxygen atoms in total. The van der Waals surface area contributed by atoms with Crippen LogP contribution in [-0.4, -0.2) is 30.6 Å². The van der Waals surface area contributed by atoms with Gasteiger partial charge in [0.2, 0.25) is 0 Å². The summed E-state index contributed by atoms with van der Waals surface area (Å²) in [5.74, 6) is 0.789. The first-order chi connectivity index (χ1) is 11.7. The van der Waals surface area contributed by atoms with E-state index in [0.29, 0.717) is 23.1 Å². The van der Waals surface area contributed by atoms with Gasteiger partial charge in [-0.25, -0.2) is 0 Å². The number of nitrogens with zero attached hydrogens (tertiary/aromatic N) is 2. The van der Waals surface area contributed by atoms with Crippen molar-refractivity contribution in [1.82, 2.24) is 15.6 Å². The van der Waals surface area contributed by atoms with Gasteiger partial charge in [0.25, 0.3) is 0 Å². The molecule has 0 aliphatic carbocycles. The average molecular weight is 493 g/mol. The number of nitrogens with one attached hydrogen (secondary N) is 2. The van der Waals surface area contributed by atoms with E-state index in [1.165, 1.54) is 0 Å². The molecule has 2 rings (SSSR count). The third kappa shape index (κ3) is 7.79. The molecule has 136 valence electrons. The maximum Gasteiger partial charge on any atom is 0.191 e. The molecule has 0 radical (unpaired) electrons. The largest absolute Gasteiger partial charge is 0.357 e. The lowest BCUT2D eigenvalue weighted by atomic mass is 10.1. The van der Waals surface area contributed by atoms with Crippen molar-refractivity contribution in [3.05, 3.63) is 63.9 Å². The van der Waals surface area contributed by atoms with Crippen molar-refractivity contribution in [1.29, 1.82) is 0 Å². The van der Waals surface area contributed by atoms with Gasteiger partial charge in [0, 0.05) is 48.0 Å². The molecule has 0 atom stereocenters. The van der Waals surface area contributed by atoms with E-state index in [4.69, 9.17) is 23.2 Å². The van der Waals surface area contributed by atoms with Crippen LogP contribution in [0, 0.1) is 0 Å². The van der Waals surface area contributed by atoms with Gasteiger partial charge in [-0.1, -0.05) is 35.3 Å². The fourth-order valence-corrected chi connectivity index (χ4v) is 2.83. The van der Waals surface area contributed by atoms with Crippen LogP contribution >= 0.6 is 47.2 Å². The van der Waals surface area contributed by atoms with Crippen LogP contribution < -0.4 is 10.6 Å². The molecule has 0 spiro atoms. The summed E-state index contributed by atoms with van der Waals surface area (Å²) < 4.78 is 0. The Morgan fingerprint density at radius 3 is 2.44 bits per heavy atom. The van der Waals surface area contributed by atoms with E-state index in [9.17, 15) is 0 Å². The minimum absolute atomic E-state index is 0. The Kier molecular flexibility index (Phi) is 10.8. The third-order valence-corrected chi connectivity index (χ3v) is 4.15. The van der Waals surface area contributed by atoms with E-state index < -0.39 is 0 Å². The molecule has 0 saturated carbocycles. The number of halogens is 3. The quantitative estimate of drug-likeness (QED) is 0.343. The lowest BCUT2D eigenvalue weighted by Crippen LogP contribution is -2.38. The number of hydrogen-bond acceptors (Lipinski definition) is 2. The third-order valence-electron chi connectivity index (χ3n) is 3.44. The standard InChI is InChI=1S/C18H22Cl2N4.HI/c1-2-21-18(23-12-9-14-6-3-4-11-22-14)24-13-10-15-16(19)7-5-8-17(15)20;/h3-8,11H,2,9-10,12-13H2,1H3,(H2,21,23,24);1H. The maximum atomic E-state index is 6.19. The number of aromatic nitrogens is 1. The lowest BCUT2D eigenvalue weighted by molar-refractivity contribution is 0.794. The lowest BCUT2D eigenvalue weighted by Gasteiger charge is -2.12. The van der Waals surface area contributed by atoms with E-state index in [1.54, 1.807) is 6.20 Å². The number of guanidine groups is 1. The minimum Gasteiger partial charge on any atom is -0.357 e. The van der Waals surface area contributed by atoms with Crippen LogP contribution in [0.2, 0.25) is 10.0 Å². The molecule has 2 aromatic rings. The first-order valence-electron chi connectivity index (χ1n) is 8.05. The predicted octanol–water partition coefficient (Wildman–Crippen LogP) is 4.35. The molecule has 2 N–H and O–H groups in total. The molecular formula is C18H23Cl2IN4. The maximum absolute atomic E-state index is 6.19. The van der Waals surface area contributed by atoms with E-state index in [2.05, 4.69) is 20.6 Å². The highest BCUT2D eigenvalue weighted by Crippen LogP contribution is 2.24. The fraction of sp³-hybridized carbons (Fsp3) is 0.333. The summed E-state index contributed by atoms with van der Waals surface area (Å²) in [6.45, 7) is 4.24. The normalized spacial score (nSPS) is 10.9. The predicted molar refractivity (Wildman–Crippen MR) is 118 cm³/mol. The Hall–Kier alpha value is -1.05. The summed E-state index contributed by atoms with van der Waals surface area (Å²) in [4.78, 5) is 8.88. The van der Waals surface area contributed by atoms with Crippen LogP contribution in [-0.2, 0) is 12.8 Å². The van der Waals surface area contributed by atoms with Gasteiger partial charge in [0.05, 0.1) is 0 Å². The summed E-state index contributed by atoms with van der Waals surface area (Å²) in [6, 6.07) is 11.5. The Morgan fingerprint density at radius 2 is 1.80 bits per heavy atom. The number of pyridine rings is 1. The molecule has 0 bridgehead atoms. The molecule has 1 aromatic carbocycles. The van der Waals surface area contributed by atoms with E-state index >= 15 is 0 Å². The highest BCUT2D eigenvalue weighted by atomic mass is 127. The molecule has 0 amide bonds. The number of rotatable bonds is 7. The molecule has 0 saturated heterocycles. The summed E-state index contributed by atoms with van der Waals surface area (Å²) in [5, 5.41) is 7.94. The van der Waals surface area contributed by atoms with Gasteiger partial charge in [-0.3, -0.25) is 9.98 Å². The first-order valence-corrected chi connectivity index (χ1v) is 8.81. The van der Waals surface area contributed by atoms with Crippen LogP contribution in [0.3, 0.4) is 0 Å². The van der Waals surface area contributed by atoms with Gasteiger partial charge in [-0.15, -0.1) is 24.0 Å². The van der Waals surface area contributed by atoms with Gasteiger partial charge in [-0.2, -0.15) is 0 Å².